The molecule has 5 nitrogen and oxygen atoms in total. The predicted molar refractivity (Wildman–Crippen MR) is 99.6 cm³/mol. The molecule has 2 bridgehead atoms. The number of amides is 1. The number of fused-ring (bicyclic) bond motifs is 2. The van der Waals surface area contributed by atoms with Crippen LogP contribution in [0.4, 0.5) is 4.79 Å². The summed E-state index contributed by atoms with van der Waals surface area (Å²) in [6.45, 7) is 7.55. The van der Waals surface area contributed by atoms with Crippen LogP contribution < -0.4 is 4.74 Å². The van der Waals surface area contributed by atoms with Crippen LogP contribution in [0.5, 0.6) is 5.75 Å². The quantitative estimate of drug-likeness (QED) is 0.738. The van der Waals surface area contributed by atoms with Crippen LogP contribution in [0, 0.1) is 0 Å². The Morgan fingerprint density at radius 1 is 1.15 bits per heavy atom. The van der Waals surface area contributed by atoms with Crippen molar-refractivity contribution in [2.45, 2.75) is 83.6 Å². The Bertz CT molecular complexity index is 665. The monoisotopic (exact) mass is 359 g/mol. The Kier molecular flexibility index (Phi) is 5.26. The minimum absolute atomic E-state index is 0.0677. The molecule has 0 aromatic heterocycles. The third-order valence-corrected chi connectivity index (χ3v) is 5.07. The molecule has 0 radical (unpaired) electrons. The van der Waals surface area contributed by atoms with Crippen molar-refractivity contribution in [1.29, 1.82) is 0 Å². The topological polar surface area (TPSA) is 55.8 Å². The summed E-state index contributed by atoms with van der Waals surface area (Å²) < 4.78 is 11.7. The maximum atomic E-state index is 12.5. The van der Waals surface area contributed by atoms with Gasteiger partial charge in [-0.05, 0) is 45.7 Å². The highest BCUT2D eigenvalue weighted by Gasteiger charge is 2.45. The second-order valence-corrected chi connectivity index (χ2v) is 8.29. The number of piperidine rings is 1. The lowest BCUT2D eigenvalue weighted by Crippen LogP contribution is -2.50. The SMILES string of the molecule is CCC(=O)c1cccc(O[C@H]2C[C@H]3CC[C@@H](C2)N3C(=O)OC(C)(C)C)c1. The van der Waals surface area contributed by atoms with Crippen molar-refractivity contribution in [1.82, 2.24) is 4.90 Å². The summed E-state index contributed by atoms with van der Waals surface area (Å²) in [4.78, 5) is 26.3. The number of hydrogen-bond donors (Lipinski definition) is 0. The fraction of sp³-hybridized carbons (Fsp3) is 0.619. The van der Waals surface area contributed by atoms with Crippen LogP contribution in [0.1, 0.15) is 70.2 Å². The summed E-state index contributed by atoms with van der Waals surface area (Å²) in [5.41, 5.74) is 0.218. The lowest BCUT2D eigenvalue weighted by Gasteiger charge is -2.39. The first-order valence-electron chi connectivity index (χ1n) is 9.58. The average Bonchev–Trinajstić information content (AvgIpc) is 2.84. The molecule has 1 amide bonds. The van der Waals surface area contributed by atoms with Crippen molar-refractivity contribution in [3.8, 4) is 5.75 Å². The zero-order valence-electron chi connectivity index (χ0n) is 16.2. The first kappa shape index (κ1) is 18.7. The van der Waals surface area contributed by atoms with E-state index in [9.17, 15) is 9.59 Å². The Morgan fingerprint density at radius 2 is 1.81 bits per heavy atom. The molecular formula is C21H29NO4. The van der Waals surface area contributed by atoms with Crippen molar-refractivity contribution in [3.05, 3.63) is 29.8 Å². The van der Waals surface area contributed by atoms with Crippen LogP contribution in [0.2, 0.25) is 0 Å². The summed E-state index contributed by atoms with van der Waals surface area (Å²) >= 11 is 0. The maximum absolute atomic E-state index is 12.5. The van der Waals surface area contributed by atoms with Crippen LogP contribution in [0.25, 0.3) is 0 Å². The molecule has 2 heterocycles. The molecule has 2 aliphatic rings. The number of carbonyl (C=O) groups is 2. The molecule has 3 rings (SSSR count). The highest BCUT2D eigenvalue weighted by Crippen LogP contribution is 2.38. The Labute approximate surface area is 155 Å². The fourth-order valence-electron chi connectivity index (χ4n) is 3.98. The van der Waals surface area contributed by atoms with Gasteiger partial charge in [0.2, 0.25) is 0 Å². The second kappa shape index (κ2) is 7.29. The first-order valence-corrected chi connectivity index (χ1v) is 9.58. The second-order valence-electron chi connectivity index (χ2n) is 8.29. The summed E-state index contributed by atoms with van der Waals surface area (Å²) in [6.07, 6.45) is 3.96. The fourth-order valence-corrected chi connectivity index (χ4v) is 3.98. The highest BCUT2D eigenvalue weighted by atomic mass is 16.6. The van der Waals surface area contributed by atoms with Crippen LogP contribution in [-0.2, 0) is 4.74 Å². The van der Waals surface area contributed by atoms with Gasteiger partial charge < -0.3 is 14.4 Å². The minimum Gasteiger partial charge on any atom is -0.490 e. The smallest absolute Gasteiger partial charge is 0.410 e. The van der Waals surface area contributed by atoms with E-state index in [1.165, 1.54) is 0 Å². The molecule has 0 aliphatic carbocycles. The van der Waals surface area contributed by atoms with Crippen molar-refractivity contribution < 1.29 is 19.1 Å². The van der Waals surface area contributed by atoms with Gasteiger partial charge in [0.15, 0.2) is 5.78 Å². The number of Topliss-reactive ketones (excluding diaryl/α,β-unsaturated/α-hetero) is 1. The van der Waals surface area contributed by atoms with Crippen molar-refractivity contribution >= 4 is 11.9 Å². The van der Waals surface area contributed by atoms with Crippen molar-refractivity contribution in [3.63, 3.8) is 0 Å². The number of benzene rings is 1. The molecular weight excluding hydrogens is 330 g/mol. The lowest BCUT2D eigenvalue weighted by molar-refractivity contribution is -0.00709. The number of hydrogen-bond acceptors (Lipinski definition) is 4. The molecule has 1 aromatic carbocycles. The van der Waals surface area contributed by atoms with Gasteiger partial charge in [0.25, 0.3) is 0 Å². The molecule has 3 atom stereocenters. The number of ether oxygens (including phenoxy) is 2. The summed E-state index contributed by atoms with van der Waals surface area (Å²) in [5, 5.41) is 0. The van der Waals surface area contributed by atoms with Gasteiger partial charge in [-0.1, -0.05) is 19.1 Å². The van der Waals surface area contributed by atoms with E-state index in [4.69, 9.17) is 9.47 Å². The molecule has 2 saturated heterocycles. The summed E-state index contributed by atoms with van der Waals surface area (Å²) in [5.74, 6) is 0.856. The molecule has 0 spiro atoms. The maximum Gasteiger partial charge on any atom is 0.410 e. The van der Waals surface area contributed by atoms with Gasteiger partial charge in [-0.25, -0.2) is 4.79 Å². The van der Waals surface area contributed by atoms with Gasteiger partial charge in [-0.2, -0.15) is 0 Å². The third-order valence-electron chi connectivity index (χ3n) is 5.07. The molecule has 2 aliphatic heterocycles. The van der Waals surface area contributed by atoms with Crippen LogP contribution >= 0.6 is 0 Å². The van der Waals surface area contributed by atoms with Gasteiger partial charge in [-0.3, -0.25) is 4.79 Å². The van der Waals surface area contributed by atoms with E-state index in [1.54, 1.807) is 0 Å². The highest BCUT2D eigenvalue weighted by molar-refractivity contribution is 5.96. The van der Waals surface area contributed by atoms with Gasteiger partial charge >= 0.3 is 6.09 Å². The molecule has 5 heteroatoms. The lowest BCUT2D eigenvalue weighted by atomic mass is 10.00. The van der Waals surface area contributed by atoms with E-state index in [0.717, 1.165) is 31.4 Å². The van der Waals surface area contributed by atoms with Crippen LogP contribution in [-0.4, -0.2) is 40.6 Å². The Hall–Kier alpha value is -2.04. The molecule has 26 heavy (non-hydrogen) atoms. The van der Waals surface area contributed by atoms with E-state index in [0.29, 0.717) is 12.0 Å². The number of nitrogens with zero attached hydrogens (tertiary/aromatic N) is 1. The standard InChI is InChI=1S/C21H29NO4/c1-5-19(23)14-7-6-8-17(11-14)25-18-12-15-9-10-16(13-18)22(15)20(24)26-21(2,3)4/h6-8,11,15-16,18H,5,9-10,12-13H2,1-4H3/t15-,16+,18+. The minimum atomic E-state index is -0.476. The first-order chi connectivity index (χ1) is 12.3. The zero-order chi connectivity index (χ0) is 18.9. The molecule has 0 unspecified atom stereocenters. The zero-order valence-corrected chi connectivity index (χ0v) is 16.2. The predicted octanol–water partition coefficient (Wildman–Crippen LogP) is 4.59. The molecule has 0 saturated carbocycles. The van der Waals surface area contributed by atoms with E-state index >= 15 is 0 Å². The van der Waals surface area contributed by atoms with Gasteiger partial charge in [0.1, 0.15) is 17.5 Å². The summed E-state index contributed by atoms with van der Waals surface area (Å²) in [6, 6.07) is 7.77. The molecule has 0 N–H and O–H groups in total. The van der Waals surface area contributed by atoms with Gasteiger partial charge in [-0.15, -0.1) is 0 Å². The molecule has 2 fully saturated rings. The molecule has 1 aromatic rings. The average molecular weight is 359 g/mol. The number of carbonyl (C=O) groups excluding carboxylic acids is 2. The Morgan fingerprint density at radius 3 is 2.38 bits per heavy atom. The normalized spacial score (nSPS) is 25.1. The summed E-state index contributed by atoms with van der Waals surface area (Å²) in [7, 11) is 0. The van der Waals surface area contributed by atoms with E-state index in [1.807, 2.05) is 56.9 Å². The Balaban J connectivity index is 1.64. The third kappa shape index (κ3) is 4.19. The number of rotatable bonds is 4. The van der Waals surface area contributed by atoms with Gasteiger partial charge in [0, 0.05) is 36.9 Å². The molecule has 142 valence electrons. The van der Waals surface area contributed by atoms with E-state index < -0.39 is 5.60 Å². The van der Waals surface area contributed by atoms with Crippen molar-refractivity contribution in [2.75, 3.05) is 0 Å². The van der Waals surface area contributed by atoms with Gasteiger partial charge in [0.05, 0.1) is 0 Å². The van der Waals surface area contributed by atoms with Crippen molar-refractivity contribution in [2.24, 2.45) is 0 Å². The van der Waals surface area contributed by atoms with E-state index in [-0.39, 0.29) is 30.1 Å². The number of ketones is 1. The van der Waals surface area contributed by atoms with Crippen LogP contribution in [0.15, 0.2) is 24.3 Å². The van der Waals surface area contributed by atoms with Crippen LogP contribution in [0.3, 0.4) is 0 Å². The van der Waals surface area contributed by atoms with E-state index in [2.05, 4.69) is 0 Å². The largest absolute Gasteiger partial charge is 0.490 e.